The minimum Gasteiger partial charge on any atom is -0.375 e. The molecule has 3 nitrogen and oxygen atoms in total. The van der Waals surface area contributed by atoms with Gasteiger partial charge in [0.25, 0.3) is 0 Å². The minimum atomic E-state index is 0.262. The Labute approximate surface area is 111 Å². The van der Waals surface area contributed by atoms with Gasteiger partial charge in [-0.2, -0.15) is 0 Å². The molecule has 3 heteroatoms. The zero-order valence-electron chi connectivity index (χ0n) is 11.8. The first kappa shape index (κ1) is 12.9. The van der Waals surface area contributed by atoms with Gasteiger partial charge in [0.2, 0.25) is 0 Å². The van der Waals surface area contributed by atoms with E-state index in [0.717, 1.165) is 19.2 Å². The van der Waals surface area contributed by atoms with Crippen LogP contribution in [0.15, 0.2) is 0 Å². The average Bonchev–Trinajstić information content (AvgIpc) is 3.13. The maximum atomic E-state index is 6.08. The standard InChI is InChI=1S/C15H28N2O/c1-17(14-4-5-14)10-9-16-13-6-11-18-15(12-13)7-2-3-8-15/h13-14,16H,2-12H2,1H3. The van der Waals surface area contributed by atoms with Crippen LogP contribution in [0.25, 0.3) is 0 Å². The van der Waals surface area contributed by atoms with Crippen molar-refractivity contribution in [1.29, 1.82) is 0 Å². The molecule has 0 aromatic heterocycles. The first-order valence-electron chi connectivity index (χ1n) is 7.85. The van der Waals surface area contributed by atoms with Gasteiger partial charge in [-0.15, -0.1) is 0 Å². The summed E-state index contributed by atoms with van der Waals surface area (Å²) >= 11 is 0. The van der Waals surface area contributed by atoms with Crippen molar-refractivity contribution in [3.05, 3.63) is 0 Å². The fraction of sp³-hybridized carbons (Fsp3) is 1.00. The van der Waals surface area contributed by atoms with E-state index in [1.807, 2.05) is 0 Å². The highest BCUT2D eigenvalue weighted by atomic mass is 16.5. The molecule has 0 radical (unpaired) electrons. The molecule has 2 saturated carbocycles. The summed E-state index contributed by atoms with van der Waals surface area (Å²) in [7, 11) is 2.27. The van der Waals surface area contributed by atoms with Gasteiger partial charge in [-0.05, 0) is 45.6 Å². The van der Waals surface area contributed by atoms with Gasteiger partial charge in [-0.1, -0.05) is 12.8 Å². The number of hydrogen-bond acceptors (Lipinski definition) is 3. The topological polar surface area (TPSA) is 24.5 Å². The largest absolute Gasteiger partial charge is 0.375 e. The molecule has 2 aliphatic carbocycles. The van der Waals surface area contributed by atoms with E-state index in [9.17, 15) is 0 Å². The van der Waals surface area contributed by atoms with Gasteiger partial charge in [0.05, 0.1) is 5.60 Å². The second kappa shape index (κ2) is 5.48. The number of nitrogens with one attached hydrogen (secondary N) is 1. The molecule has 3 fully saturated rings. The van der Waals surface area contributed by atoms with Gasteiger partial charge >= 0.3 is 0 Å². The molecule has 0 amide bonds. The number of likely N-dealkylation sites (N-methyl/N-ethyl adjacent to an activating group) is 1. The monoisotopic (exact) mass is 252 g/mol. The predicted octanol–water partition coefficient (Wildman–Crippen LogP) is 2.16. The Kier molecular flexibility index (Phi) is 3.92. The predicted molar refractivity (Wildman–Crippen MR) is 73.8 cm³/mol. The lowest BCUT2D eigenvalue weighted by atomic mass is 9.89. The van der Waals surface area contributed by atoms with Crippen LogP contribution in [-0.4, -0.2) is 49.3 Å². The summed E-state index contributed by atoms with van der Waals surface area (Å²) in [5.41, 5.74) is 0.262. The average molecular weight is 252 g/mol. The molecule has 0 aromatic rings. The molecule has 18 heavy (non-hydrogen) atoms. The maximum Gasteiger partial charge on any atom is 0.0697 e. The Hall–Kier alpha value is -0.120. The number of rotatable bonds is 5. The van der Waals surface area contributed by atoms with Crippen LogP contribution < -0.4 is 5.32 Å². The van der Waals surface area contributed by atoms with E-state index in [1.54, 1.807) is 0 Å². The number of nitrogens with zero attached hydrogens (tertiary/aromatic N) is 1. The Morgan fingerprint density at radius 2 is 2.00 bits per heavy atom. The lowest BCUT2D eigenvalue weighted by molar-refractivity contribution is -0.0836. The summed E-state index contributed by atoms with van der Waals surface area (Å²) in [4.78, 5) is 2.51. The smallest absolute Gasteiger partial charge is 0.0697 e. The zero-order chi connectivity index (χ0) is 12.4. The lowest BCUT2D eigenvalue weighted by Gasteiger charge is -2.38. The molecule has 1 heterocycles. The van der Waals surface area contributed by atoms with E-state index < -0.39 is 0 Å². The summed E-state index contributed by atoms with van der Waals surface area (Å²) in [6.45, 7) is 3.32. The molecule has 1 unspecified atom stereocenters. The quantitative estimate of drug-likeness (QED) is 0.811. The van der Waals surface area contributed by atoms with Gasteiger partial charge in [-0.25, -0.2) is 0 Å². The van der Waals surface area contributed by atoms with Crippen LogP contribution >= 0.6 is 0 Å². The molecule has 1 atom stereocenters. The van der Waals surface area contributed by atoms with Crippen LogP contribution in [0.2, 0.25) is 0 Å². The first-order valence-corrected chi connectivity index (χ1v) is 7.85. The molecule has 3 rings (SSSR count). The Morgan fingerprint density at radius 3 is 2.72 bits per heavy atom. The number of hydrogen-bond donors (Lipinski definition) is 1. The van der Waals surface area contributed by atoms with E-state index in [4.69, 9.17) is 4.74 Å². The maximum absolute atomic E-state index is 6.08. The summed E-state index contributed by atoms with van der Waals surface area (Å²) in [5, 5.41) is 3.76. The van der Waals surface area contributed by atoms with Gasteiger partial charge in [0.1, 0.15) is 0 Å². The van der Waals surface area contributed by atoms with Crippen LogP contribution in [0, 0.1) is 0 Å². The van der Waals surface area contributed by atoms with Gasteiger partial charge in [0.15, 0.2) is 0 Å². The highest BCUT2D eigenvalue weighted by molar-refractivity contribution is 4.93. The summed E-state index contributed by atoms with van der Waals surface area (Å²) in [5.74, 6) is 0. The summed E-state index contributed by atoms with van der Waals surface area (Å²) in [6.07, 6.45) is 10.6. The molecule has 1 N–H and O–H groups in total. The van der Waals surface area contributed by atoms with Crippen molar-refractivity contribution in [2.45, 2.75) is 69.1 Å². The van der Waals surface area contributed by atoms with Crippen LogP contribution in [-0.2, 0) is 4.74 Å². The van der Waals surface area contributed by atoms with Crippen molar-refractivity contribution in [1.82, 2.24) is 10.2 Å². The van der Waals surface area contributed by atoms with Crippen LogP contribution in [0.1, 0.15) is 51.4 Å². The molecule has 1 saturated heterocycles. The normalized spacial score (nSPS) is 31.3. The highest BCUT2D eigenvalue weighted by Crippen LogP contribution is 2.39. The fourth-order valence-electron chi connectivity index (χ4n) is 3.71. The molecule has 0 aromatic carbocycles. The fourth-order valence-corrected chi connectivity index (χ4v) is 3.71. The molecule has 1 spiro atoms. The third-order valence-corrected chi connectivity index (χ3v) is 5.08. The van der Waals surface area contributed by atoms with Crippen LogP contribution in [0.4, 0.5) is 0 Å². The van der Waals surface area contributed by atoms with E-state index in [0.29, 0.717) is 6.04 Å². The van der Waals surface area contributed by atoms with Crippen molar-refractivity contribution >= 4 is 0 Å². The molecule has 104 valence electrons. The third kappa shape index (κ3) is 3.06. The van der Waals surface area contributed by atoms with Crippen molar-refractivity contribution in [3.8, 4) is 0 Å². The van der Waals surface area contributed by atoms with Crippen LogP contribution in [0.5, 0.6) is 0 Å². The second-order valence-electron chi connectivity index (χ2n) is 6.59. The Morgan fingerprint density at radius 1 is 1.22 bits per heavy atom. The van der Waals surface area contributed by atoms with E-state index in [-0.39, 0.29) is 5.60 Å². The molecule has 1 aliphatic heterocycles. The van der Waals surface area contributed by atoms with Crippen molar-refractivity contribution < 1.29 is 4.74 Å². The minimum absolute atomic E-state index is 0.262. The van der Waals surface area contributed by atoms with Gasteiger partial charge in [-0.3, -0.25) is 0 Å². The van der Waals surface area contributed by atoms with Crippen molar-refractivity contribution in [2.75, 3.05) is 26.7 Å². The van der Waals surface area contributed by atoms with Gasteiger partial charge < -0.3 is 15.0 Å². The Bertz CT molecular complexity index is 272. The molecular weight excluding hydrogens is 224 g/mol. The summed E-state index contributed by atoms with van der Waals surface area (Å²) in [6, 6.07) is 1.59. The van der Waals surface area contributed by atoms with E-state index >= 15 is 0 Å². The summed E-state index contributed by atoms with van der Waals surface area (Å²) < 4.78 is 6.08. The van der Waals surface area contributed by atoms with E-state index in [2.05, 4.69) is 17.3 Å². The zero-order valence-corrected chi connectivity index (χ0v) is 11.8. The molecule has 0 bridgehead atoms. The SMILES string of the molecule is CN(CCNC1CCOC2(CCCC2)C1)C1CC1. The van der Waals surface area contributed by atoms with Gasteiger partial charge in [0, 0.05) is 31.8 Å². The van der Waals surface area contributed by atoms with Crippen LogP contribution in [0.3, 0.4) is 0 Å². The van der Waals surface area contributed by atoms with Crippen molar-refractivity contribution in [2.24, 2.45) is 0 Å². The van der Waals surface area contributed by atoms with E-state index in [1.165, 1.54) is 57.9 Å². The van der Waals surface area contributed by atoms with Crippen molar-refractivity contribution in [3.63, 3.8) is 0 Å². The first-order chi connectivity index (χ1) is 8.77. The molecular formula is C15H28N2O. The highest BCUT2D eigenvalue weighted by Gasteiger charge is 2.39. The molecule has 3 aliphatic rings. The third-order valence-electron chi connectivity index (χ3n) is 5.08. The lowest BCUT2D eigenvalue weighted by Crippen LogP contribution is -2.47. The second-order valence-corrected chi connectivity index (χ2v) is 6.59. The number of ether oxygens (including phenoxy) is 1. The Balaban J connectivity index is 1.39.